The first-order valence-corrected chi connectivity index (χ1v) is 8.15. The van der Waals surface area contributed by atoms with Crippen LogP contribution in [0.3, 0.4) is 0 Å². The molecule has 0 spiro atoms. The van der Waals surface area contributed by atoms with Gasteiger partial charge in [-0.3, -0.25) is 9.59 Å². The van der Waals surface area contributed by atoms with Crippen molar-refractivity contribution in [3.8, 4) is 0 Å². The summed E-state index contributed by atoms with van der Waals surface area (Å²) in [5.74, 6) is 0.690. The smallest absolute Gasteiger partial charge is 0.220 e. The number of nitrogens with two attached hydrogens (primary N) is 1. The van der Waals surface area contributed by atoms with Crippen LogP contribution in [-0.2, 0) is 10.2 Å². The lowest BCUT2D eigenvalue weighted by molar-refractivity contribution is -0.126. The fourth-order valence-electron chi connectivity index (χ4n) is 3.90. The molecule has 1 saturated carbocycles. The molecule has 1 aromatic rings. The molecule has 1 aliphatic carbocycles. The third kappa shape index (κ3) is 3.23. The highest BCUT2D eigenvalue weighted by Crippen LogP contribution is 2.46. The first-order chi connectivity index (χ1) is 10.2. The quantitative estimate of drug-likeness (QED) is 0.862. The van der Waals surface area contributed by atoms with Gasteiger partial charge < -0.3 is 5.73 Å². The molecule has 0 aromatic heterocycles. The molecule has 22 heavy (non-hydrogen) atoms. The van der Waals surface area contributed by atoms with Crippen LogP contribution in [0.2, 0.25) is 0 Å². The summed E-state index contributed by atoms with van der Waals surface area (Å²) >= 11 is 0. The molecule has 2 N–H and O–H groups in total. The third-order valence-corrected chi connectivity index (χ3v) is 5.43. The summed E-state index contributed by atoms with van der Waals surface area (Å²) in [6.45, 7) is 8.13. The Bertz CT molecular complexity index is 561. The summed E-state index contributed by atoms with van der Waals surface area (Å²) in [5.41, 5.74) is 7.56. The van der Waals surface area contributed by atoms with Gasteiger partial charge in [0.25, 0.3) is 0 Å². The molecule has 3 atom stereocenters. The van der Waals surface area contributed by atoms with Gasteiger partial charge in [-0.05, 0) is 49.0 Å². The van der Waals surface area contributed by atoms with Crippen molar-refractivity contribution in [3.05, 3.63) is 35.4 Å². The minimum absolute atomic E-state index is 0.0413. The minimum Gasteiger partial charge on any atom is -0.369 e. The Morgan fingerprint density at radius 1 is 1.23 bits per heavy atom. The molecule has 0 bridgehead atoms. The third-order valence-electron chi connectivity index (χ3n) is 5.43. The molecular formula is C19H27NO2. The lowest BCUT2D eigenvalue weighted by atomic mass is 9.61. The first-order valence-electron chi connectivity index (χ1n) is 8.15. The summed E-state index contributed by atoms with van der Waals surface area (Å²) in [7, 11) is 0. The molecule has 3 nitrogen and oxygen atoms in total. The highest BCUT2D eigenvalue weighted by Gasteiger charge is 2.42. The average Bonchev–Trinajstić information content (AvgIpc) is 2.46. The molecule has 0 radical (unpaired) electrons. The molecule has 0 heterocycles. The fourth-order valence-corrected chi connectivity index (χ4v) is 3.90. The second kappa shape index (κ2) is 6.23. The number of hydrogen-bond acceptors (Lipinski definition) is 2. The number of Topliss-reactive ketones (excluding diaryl/α,β-unsaturated/α-hetero) is 1. The number of hydrogen-bond donors (Lipinski definition) is 1. The number of amides is 1. The second-order valence-electron chi connectivity index (χ2n) is 7.35. The van der Waals surface area contributed by atoms with Gasteiger partial charge in [-0.1, -0.05) is 45.0 Å². The summed E-state index contributed by atoms with van der Waals surface area (Å²) in [6.07, 6.45) is 2.87. The van der Waals surface area contributed by atoms with Crippen LogP contribution in [0, 0.1) is 17.8 Å². The van der Waals surface area contributed by atoms with Crippen molar-refractivity contribution in [1.29, 1.82) is 0 Å². The zero-order valence-electron chi connectivity index (χ0n) is 14.1. The Morgan fingerprint density at radius 3 is 2.27 bits per heavy atom. The van der Waals surface area contributed by atoms with E-state index in [4.69, 9.17) is 5.73 Å². The summed E-state index contributed by atoms with van der Waals surface area (Å²) in [5, 5.41) is 0. The van der Waals surface area contributed by atoms with Crippen LogP contribution in [0.25, 0.3) is 0 Å². The molecule has 120 valence electrons. The van der Waals surface area contributed by atoms with Gasteiger partial charge in [-0.25, -0.2) is 0 Å². The number of rotatable bonds is 4. The maximum Gasteiger partial charge on any atom is 0.220 e. The van der Waals surface area contributed by atoms with Crippen molar-refractivity contribution in [2.75, 3.05) is 0 Å². The molecule has 1 aliphatic rings. The second-order valence-corrected chi connectivity index (χ2v) is 7.35. The summed E-state index contributed by atoms with van der Waals surface area (Å²) in [4.78, 5) is 23.3. The Labute approximate surface area is 133 Å². The van der Waals surface area contributed by atoms with Crippen molar-refractivity contribution >= 4 is 11.7 Å². The largest absolute Gasteiger partial charge is 0.369 e. The number of primary amides is 1. The highest BCUT2D eigenvalue weighted by molar-refractivity contribution is 5.94. The lowest BCUT2D eigenvalue weighted by Gasteiger charge is -2.43. The van der Waals surface area contributed by atoms with E-state index in [1.54, 1.807) is 6.92 Å². The van der Waals surface area contributed by atoms with Crippen molar-refractivity contribution in [1.82, 2.24) is 0 Å². The normalized spacial score (nSPS) is 28.6. The predicted molar refractivity (Wildman–Crippen MR) is 88.7 cm³/mol. The van der Waals surface area contributed by atoms with E-state index < -0.39 is 0 Å². The SMILES string of the molecule is CC(=O)c1ccc(C2(C)CCC(C(C)C)C(C(N)=O)C2)cc1. The van der Waals surface area contributed by atoms with Crippen LogP contribution in [0.4, 0.5) is 0 Å². The van der Waals surface area contributed by atoms with Gasteiger partial charge >= 0.3 is 0 Å². The number of benzene rings is 1. The van der Waals surface area contributed by atoms with Crippen LogP contribution >= 0.6 is 0 Å². The number of carbonyl (C=O) groups is 2. The lowest BCUT2D eigenvalue weighted by Crippen LogP contribution is -2.43. The zero-order chi connectivity index (χ0) is 16.5. The van der Waals surface area contributed by atoms with Gasteiger partial charge in [0, 0.05) is 11.5 Å². The topological polar surface area (TPSA) is 60.2 Å². The van der Waals surface area contributed by atoms with Gasteiger partial charge in [0.15, 0.2) is 5.78 Å². The van der Waals surface area contributed by atoms with Gasteiger partial charge in [0.2, 0.25) is 5.91 Å². The Kier molecular flexibility index (Phi) is 4.74. The zero-order valence-corrected chi connectivity index (χ0v) is 14.1. The van der Waals surface area contributed by atoms with E-state index in [0.717, 1.165) is 24.8 Å². The maximum absolute atomic E-state index is 11.9. The molecule has 2 rings (SSSR count). The number of ketones is 1. The number of carbonyl (C=O) groups excluding carboxylic acids is 2. The van der Waals surface area contributed by atoms with E-state index in [1.165, 1.54) is 5.56 Å². The van der Waals surface area contributed by atoms with Crippen LogP contribution in [-0.4, -0.2) is 11.7 Å². The standard InChI is InChI=1S/C19H27NO2/c1-12(2)16-9-10-19(4,11-17(16)18(20)22)15-7-5-14(6-8-15)13(3)21/h5-8,12,16-17H,9-11H2,1-4H3,(H2,20,22). The van der Waals surface area contributed by atoms with E-state index in [2.05, 4.69) is 20.8 Å². The molecule has 0 aliphatic heterocycles. The molecular weight excluding hydrogens is 274 g/mol. The van der Waals surface area contributed by atoms with Gasteiger partial charge in [0.05, 0.1) is 0 Å². The molecule has 1 aromatic carbocycles. The van der Waals surface area contributed by atoms with Crippen molar-refractivity contribution in [2.24, 2.45) is 23.5 Å². The van der Waals surface area contributed by atoms with Crippen molar-refractivity contribution in [3.63, 3.8) is 0 Å². The molecule has 3 unspecified atom stereocenters. The Hall–Kier alpha value is -1.64. The van der Waals surface area contributed by atoms with E-state index in [1.807, 2.05) is 24.3 Å². The summed E-state index contributed by atoms with van der Waals surface area (Å²) < 4.78 is 0. The van der Waals surface area contributed by atoms with Gasteiger partial charge in [-0.2, -0.15) is 0 Å². The van der Waals surface area contributed by atoms with E-state index >= 15 is 0 Å². The van der Waals surface area contributed by atoms with Crippen LogP contribution in [0.15, 0.2) is 24.3 Å². The Morgan fingerprint density at radius 2 is 1.82 bits per heavy atom. The minimum atomic E-state index is -0.176. The van der Waals surface area contributed by atoms with Gasteiger partial charge in [0.1, 0.15) is 0 Å². The monoisotopic (exact) mass is 301 g/mol. The average molecular weight is 301 g/mol. The van der Waals surface area contributed by atoms with E-state index in [9.17, 15) is 9.59 Å². The van der Waals surface area contributed by atoms with Crippen LogP contribution < -0.4 is 5.73 Å². The van der Waals surface area contributed by atoms with Crippen LogP contribution in [0.1, 0.15) is 62.9 Å². The molecule has 3 heteroatoms. The molecule has 0 saturated heterocycles. The Balaban J connectivity index is 2.27. The summed E-state index contributed by atoms with van der Waals surface area (Å²) in [6, 6.07) is 7.84. The van der Waals surface area contributed by atoms with E-state index in [-0.39, 0.29) is 23.0 Å². The van der Waals surface area contributed by atoms with E-state index in [0.29, 0.717) is 11.8 Å². The molecule has 1 fully saturated rings. The first kappa shape index (κ1) is 16.7. The fraction of sp³-hybridized carbons (Fsp3) is 0.579. The van der Waals surface area contributed by atoms with Crippen molar-refractivity contribution < 1.29 is 9.59 Å². The molecule has 1 amide bonds. The van der Waals surface area contributed by atoms with Gasteiger partial charge in [-0.15, -0.1) is 0 Å². The van der Waals surface area contributed by atoms with Crippen LogP contribution in [0.5, 0.6) is 0 Å². The highest BCUT2D eigenvalue weighted by atomic mass is 16.1. The van der Waals surface area contributed by atoms with Crippen molar-refractivity contribution in [2.45, 2.75) is 52.4 Å². The maximum atomic E-state index is 11.9. The predicted octanol–water partition coefficient (Wildman–Crippen LogP) is 3.70.